The predicted molar refractivity (Wildman–Crippen MR) is 51.2 cm³/mol. The van der Waals surface area contributed by atoms with Crippen molar-refractivity contribution in [3.05, 3.63) is 17.8 Å². The fourth-order valence-corrected chi connectivity index (χ4v) is 1.64. The maximum Gasteiger partial charge on any atom is 0.146 e. The minimum atomic E-state index is 0.394. The Bertz CT molecular complexity index is 308. The second-order valence-corrected chi connectivity index (χ2v) is 3.26. The number of anilines is 2. The molecular formula is C9H13N3O. The van der Waals surface area contributed by atoms with E-state index in [-0.39, 0.29) is 0 Å². The minimum Gasteiger partial charge on any atom is -0.396 e. The van der Waals surface area contributed by atoms with E-state index in [2.05, 4.69) is 4.98 Å². The molecule has 4 heteroatoms. The number of nitrogens with zero attached hydrogens (tertiary/aromatic N) is 1. The molecule has 13 heavy (non-hydrogen) atoms. The Morgan fingerprint density at radius 1 is 1.46 bits per heavy atom. The van der Waals surface area contributed by atoms with Crippen molar-refractivity contribution in [2.45, 2.75) is 12.3 Å². The average molecular weight is 179 g/mol. The molecule has 0 saturated carbocycles. The quantitative estimate of drug-likeness (QED) is 0.667. The molecule has 4 nitrogen and oxygen atoms in total. The molecule has 0 bridgehead atoms. The molecule has 1 atom stereocenters. The summed E-state index contributed by atoms with van der Waals surface area (Å²) < 4.78 is 5.29. The van der Waals surface area contributed by atoms with E-state index < -0.39 is 0 Å². The van der Waals surface area contributed by atoms with Gasteiger partial charge in [0.25, 0.3) is 0 Å². The van der Waals surface area contributed by atoms with Gasteiger partial charge < -0.3 is 16.2 Å². The van der Waals surface area contributed by atoms with Crippen LogP contribution in [-0.2, 0) is 4.74 Å². The van der Waals surface area contributed by atoms with Crippen LogP contribution in [0, 0.1) is 0 Å². The summed E-state index contributed by atoms with van der Waals surface area (Å²) >= 11 is 0. The van der Waals surface area contributed by atoms with E-state index >= 15 is 0 Å². The van der Waals surface area contributed by atoms with E-state index in [1.807, 2.05) is 6.07 Å². The molecule has 70 valence electrons. The van der Waals surface area contributed by atoms with Crippen molar-refractivity contribution in [2.24, 2.45) is 0 Å². The summed E-state index contributed by atoms with van der Waals surface area (Å²) in [6.45, 7) is 1.56. The zero-order valence-corrected chi connectivity index (χ0v) is 7.36. The summed E-state index contributed by atoms with van der Waals surface area (Å²) in [4.78, 5) is 3.92. The molecule has 1 aromatic heterocycles. The Kier molecular flexibility index (Phi) is 2.06. The van der Waals surface area contributed by atoms with Gasteiger partial charge in [-0.3, -0.25) is 0 Å². The van der Waals surface area contributed by atoms with Crippen molar-refractivity contribution in [3.63, 3.8) is 0 Å². The maximum atomic E-state index is 5.82. The highest BCUT2D eigenvalue weighted by Gasteiger charge is 2.20. The van der Waals surface area contributed by atoms with Gasteiger partial charge in [-0.25, -0.2) is 4.98 Å². The van der Waals surface area contributed by atoms with Gasteiger partial charge in [-0.1, -0.05) is 0 Å². The van der Waals surface area contributed by atoms with Crippen LogP contribution >= 0.6 is 0 Å². The highest BCUT2D eigenvalue weighted by molar-refractivity contribution is 5.63. The molecule has 1 saturated heterocycles. The van der Waals surface area contributed by atoms with Crippen LogP contribution in [0.4, 0.5) is 11.5 Å². The second-order valence-electron chi connectivity index (χ2n) is 3.26. The third-order valence-electron chi connectivity index (χ3n) is 2.42. The SMILES string of the molecule is Nc1nccc(C2CCOC2)c1N. The van der Waals surface area contributed by atoms with Crippen molar-refractivity contribution in [1.29, 1.82) is 0 Å². The van der Waals surface area contributed by atoms with Crippen LogP contribution in [0.25, 0.3) is 0 Å². The van der Waals surface area contributed by atoms with Gasteiger partial charge >= 0.3 is 0 Å². The third-order valence-corrected chi connectivity index (χ3v) is 2.42. The largest absolute Gasteiger partial charge is 0.396 e. The Hall–Kier alpha value is -1.29. The van der Waals surface area contributed by atoms with Crippen molar-refractivity contribution >= 4 is 11.5 Å². The summed E-state index contributed by atoms with van der Waals surface area (Å²) in [5.41, 5.74) is 13.1. The third kappa shape index (κ3) is 1.45. The number of aromatic nitrogens is 1. The van der Waals surface area contributed by atoms with E-state index in [0.29, 0.717) is 17.4 Å². The van der Waals surface area contributed by atoms with E-state index in [1.165, 1.54) is 0 Å². The Morgan fingerprint density at radius 3 is 3.00 bits per heavy atom. The number of nitrogens with two attached hydrogens (primary N) is 2. The summed E-state index contributed by atoms with van der Waals surface area (Å²) in [5.74, 6) is 0.815. The zero-order chi connectivity index (χ0) is 9.26. The topological polar surface area (TPSA) is 74.2 Å². The first-order chi connectivity index (χ1) is 6.29. The number of ether oxygens (including phenoxy) is 1. The lowest BCUT2D eigenvalue weighted by molar-refractivity contribution is 0.194. The minimum absolute atomic E-state index is 0.394. The fourth-order valence-electron chi connectivity index (χ4n) is 1.64. The van der Waals surface area contributed by atoms with Gasteiger partial charge in [0.05, 0.1) is 12.3 Å². The molecule has 0 radical (unpaired) electrons. The molecule has 1 fully saturated rings. The Morgan fingerprint density at radius 2 is 2.31 bits per heavy atom. The van der Waals surface area contributed by atoms with Gasteiger partial charge in [0.15, 0.2) is 0 Å². The Labute approximate surface area is 76.9 Å². The first-order valence-corrected chi connectivity index (χ1v) is 4.36. The molecule has 0 spiro atoms. The standard InChI is InChI=1S/C9H13N3O/c10-8-7(1-3-12-9(8)11)6-2-4-13-5-6/h1,3,6H,2,4-5,10H2,(H2,11,12). The second kappa shape index (κ2) is 3.22. The van der Waals surface area contributed by atoms with Gasteiger partial charge in [-0.2, -0.15) is 0 Å². The van der Waals surface area contributed by atoms with Gasteiger partial charge in [0, 0.05) is 18.7 Å². The summed E-state index contributed by atoms with van der Waals surface area (Å²) in [6.07, 6.45) is 2.72. The number of pyridine rings is 1. The Balaban J connectivity index is 2.33. The normalized spacial score (nSPS) is 22.0. The van der Waals surface area contributed by atoms with E-state index in [0.717, 1.165) is 25.2 Å². The molecule has 0 aromatic carbocycles. The first kappa shape index (κ1) is 8.31. The molecule has 2 heterocycles. The summed E-state index contributed by atoms with van der Waals surface area (Å²) in [6, 6.07) is 1.92. The van der Waals surface area contributed by atoms with Crippen LogP contribution in [-0.4, -0.2) is 18.2 Å². The van der Waals surface area contributed by atoms with Crippen LogP contribution < -0.4 is 11.5 Å². The van der Waals surface area contributed by atoms with Gasteiger partial charge in [0.2, 0.25) is 0 Å². The molecule has 4 N–H and O–H groups in total. The summed E-state index contributed by atoms with van der Waals surface area (Å²) in [7, 11) is 0. The van der Waals surface area contributed by atoms with Crippen LogP contribution in [0.3, 0.4) is 0 Å². The lowest BCUT2D eigenvalue weighted by atomic mass is 9.98. The smallest absolute Gasteiger partial charge is 0.146 e. The molecular weight excluding hydrogens is 166 g/mol. The average Bonchev–Trinajstić information content (AvgIpc) is 2.62. The predicted octanol–water partition coefficient (Wildman–Crippen LogP) is 0.750. The van der Waals surface area contributed by atoms with Crippen LogP contribution in [0.15, 0.2) is 12.3 Å². The van der Waals surface area contributed by atoms with Gasteiger partial charge in [0.1, 0.15) is 5.82 Å². The highest BCUT2D eigenvalue weighted by Crippen LogP contribution is 2.30. The molecule has 0 amide bonds. The number of nitrogen functional groups attached to an aromatic ring is 2. The fraction of sp³-hybridized carbons (Fsp3) is 0.444. The lowest BCUT2D eigenvalue weighted by Gasteiger charge is -2.11. The molecule has 1 aliphatic rings. The lowest BCUT2D eigenvalue weighted by Crippen LogP contribution is -2.06. The molecule has 0 aliphatic carbocycles. The van der Waals surface area contributed by atoms with Gasteiger partial charge in [-0.15, -0.1) is 0 Å². The van der Waals surface area contributed by atoms with Crippen molar-refractivity contribution in [2.75, 3.05) is 24.7 Å². The monoisotopic (exact) mass is 179 g/mol. The number of rotatable bonds is 1. The van der Waals surface area contributed by atoms with Crippen molar-refractivity contribution < 1.29 is 4.74 Å². The van der Waals surface area contributed by atoms with E-state index in [9.17, 15) is 0 Å². The van der Waals surface area contributed by atoms with Crippen LogP contribution in [0.2, 0.25) is 0 Å². The number of hydrogen-bond acceptors (Lipinski definition) is 4. The highest BCUT2D eigenvalue weighted by atomic mass is 16.5. The molecule has 1 aliphatic heterocycles. The van der Waals surface area contributed by atoms with Crippen molar-refractivity contribution in [3.8, 4) is 0 Å². The number of hydrogen-bond donors (Lipinski definition) is 2. The molecule has 1 aromatic rings. The summed E-state index contributed by atoms with van der Waals surface area (Å²) in [5, 5.41) is 0. The van der Waals surface area contributed by atoms with Gasteiger partial charge in [-0.05, 0) is 18.1 Å². The van der Waals surface area contributed by atoms with Crippen molar-refractivity contribution in [1.82, 2.24) is 4.98 Å². The van der Waals surface area contributed by atoms with Crippen LogP contribution in [0.5, 0.6) is 0 Å². The zero-order valence-electron chi connectivity index (χ0n) is 7.36. The molecule has 1 unspecified atom stereocenters. The van der Waals surface area contributed by atoms with E-state index in [4.69, 9.17) is 16.2 Å². The maximum absolute atomic E-state index is 5.82. The van der Waals surface area contributed by atoms with Crippen LogP contribution in [0.1, 0.15) is 17.9 Å². The first-order valence-electron chi connectivity index (χ1n) is 4.36. The molecule has 2 rings (SSSR count). The van der Waals surface area contributed by atoms with E-state index in [1.54, 1.807) is 6.20 Å².